The molecule has 1 rings (SSSR count). The summed E-state index contributed by atoms with van der Waals surface area (Å²) < 4.78 is 5.39. The van der Waals surface area contributed by atoms with Crippen molar-refractivity contribution in [2.24, 2.45) is 5.73 Å². The molecule has 0 aliphatic rings. The van der Waals surface area contributed by atoms with Crippen molar-refractivity contribution >= 4 is 12.9 Å². The molecule has 0 atom stereocenters. The Balaban J connectivity index is 2.45. The summed E-state index contributed by atoms with van der Waals surface area (Å²) in [5.74, 6) is 0. The maximum Gasteiger partial charge on any atom is 0.330 e. The molecule has 0 saturated carbocycles. The lowest BCUT2D eigenvalue weighted by atomic mass is 9.83. The summed E-state index contributed by atoms with van der Waals surface area (Å²) in [6.07, 6.45) is 0.904. The molecular formula is C11H17BNO. The van der Waals surface area contributed by atoms with Crippen molar-refractivity contribution in [1.82, 2.24) is 0 Å². The van der Waals surface area contributed by atoms with Crippen LogP contribution in [0.3, 0.4) is 0 Å². The van der Waals surface area contributed by atoms with Crippen LogP contribution < -0.4 is 11.2 Å². The summed E-state index contributed by atoms with van der Waals surface area (Å²) >= 11 is 0. The average molecular weight is 190 g/mol. The van der Waals surface area contributed by atoms with Gasteiger partial charge in [-0.25, -0.2) is 0 Å². The quantitative estimate of drug-likeness (QED) is 0.553. The second-order valence-corrected chi connectivity index (χ2v) is 3.49. The molecule has 0 aromatic heterocycles. The highest BCUT2D eigenvalue weighted by molar-refractivity contribution is 6.47. The molecule has 0 fully saturated rings. The number of benzene rings is 1. The molecule has 14 heavy (non-hydrogen) atoms. The van der Waals surface area contributed by atoms with Gasteiger partial charge in [-0.1, -0.05) is 34.8 Å². The highest BCUT2D eigenvalue weighted by Gasteiger charge is 2.01. The van der Waals surface area contributed by atoms with Gasteiger partial charge in [0.1, 0.15) is 0 Å². The highest BCUT2D eigenvalue weighted by Crippen LogP contribution is 1.98. The van der Waals surface area contributed by atoms with Crippen molar-refractivity contribution in [3.05, 3.63) is 29.3 Å². The molecule has 0 bridgehead atoms. The molecule has 1 radical (unpaired) electrons. The minimum absolute atomic E-state index is 0.681. The Morgan fingerprint density at radius 2 is 2.14 bits per heavy atom. The third-order valence-corrected chi connectivity index (χ3v) is 2.11. The molecule has 0 saturated heterocycles. The predicted molar refractivity (Wildman–Crippen MR) is 60.9 cm³/mol. The van der Waals surface area contributed by atoms with E-state index in [0.717, 1.165) is 11.9 Å². The van der Waals surface area contributed by atoms with Crippen molar-refractivity contribution in [1.29, 1.82) is 0 Å². The number of nitrogens with two attached hydrogens (primary N) is 1. The van der Waals surface area contributed by atoms with Crippen LogP contribution in [0.15, 0.2) is 18.2 Å². The SMILES string of the molecule is Cc1ccc(C)c([B]OCCCN)c1. The van der Waals surface area contributed by atoms with E-state index in [-0.39, 0.29) is 0 Å². The Hall–Kier alpha value is -0.795. The van der Waals surface area contributed by atoms with E-state index in [2.05, 4.69) is 32.0 Å². The van der Waals surface area contributed by atoms with Crippen molar-refractivity contribution in [3.63, 3.8) is 0 Å². The van der Waals surface area contributed by atoms with Gasteiger partial charge in [-0.15, -0.1) is 0 Å². The largest absolute Gasteiger partial charge is 0.434 e. The van der Waals surface area contributed by atoms with Crippen molar-refractivity contribution in [3.8, 4) is 0 Å². The molecule has 0 aliphatic carbocycles. The Labute approximate surface area is 86.7 Å². The Kier molecular flexibility index (Phi) is 4.70. The fraction of sp³-hybridized carbons (Fsp3) is 0.455. The summed E-state index contributed by atoms with van der Waals surface area (Å²) in [4.78, 5) is 0. The number of hydrogen-bond donors (Lipinski definition) is 1. The summed E-state index contributed by atoms with van der Waals surface area (Å²) in [6.45, 7) is 5.54. The average Bonchev–Trinajstić information content (AvgIpc) is 2.18. The first-order valence-electron chi connectivity index (χ1n) is 4.96. The molecule has 2 N–H and O–H groups in total. The summed E-state index contributed by atoms with van der Waals surface area (Å²) in [7, 11) is 1.82. The molecule has 0 aliphatic heterocycles. The molecule has 1 aromatic rings. The first kappa shape index (κ1) is 11.3. The number of hydrogen-bond acceptors (Lipinski definition) is 2. The van der Waals surface area contributed by atoms with Gasteiger partial charge in [0, 0.05) is 6.61 Å². The van der Waals surface area contributed by atoms with Crippen LogP contribution in [0.4, 0.5) is 0 Å². The van der Waals surface area contributed by atoms with Crippen molar-refractivity contribution in [2.75, 3.05) is 13.2 Å². The van der Waals surface area contributed by atoms with Crippen molar-refractivity contribution in [2.45, 2.75) is 20.3 Å². The van der Waals surface area contributed by atoms with Crippen LogP contribution in [0.25, 0.3) is 0 Å². The molecular weight excluding hydrogens is 173 g/mol. The monoisotopic (exact) mass is 190 g/mol. The van der Waals surface area contributed by atoms with Crippen LogP contribution >= 0.6 is 0 Å². The fourth-order valence-electron chi connectivity index (χ4n) is 1.20. The van der Waals surface area contributed by atoms with E-state index >= 15 is 0 Å². The van der Waals surface area contributed by atoms with E-state index in [1.54, 1.807) is 0 Å². The Morgan fingerprint density at radius 1 is 1.36 bits per heavy atom. The Morgan fingerprint density at radius 3 is 2.86 bits per heavy atom. The van der Waals surface area contributed by atoms with Gasteiger partial charge in [-0.3, -0.25) is 0 Å². The van der Waals surface area contributed by atoms with Crippen LogP contribution in [0.1, 0.15) is 17.5 Å². The number of aryl methyl sites for hydroxylation is 2. The molecule has 0 heterocycles. The topological polar surface area (TPSA) is 35.2 Å². The molecule has 0 unspecified atom stereocenters. The van der Waals surface area contributed by atoms with E-state index in [0.29, 0.717) is 13.2 Å². The maximum absolute atomic E-state index is 5.39. The predicted octanol–water partition coefficient (Wildman–Crippen LogP) is 0.913. The molecule has 3 heteroatoms. The third kappa shape index (κ3) is 3.52. The van der Waals surface area contributed by atoms with Gasteiger partial charge < -0.3 is 10.4 Å². The lowest BCUT2D eigenvalue weighted by Gasteiger charge is -2.06. The Bertz CT molecular complexity index is 289. The molecule has 2 nitrogen and oxygen atoms in total. The summed E-state index contributed by atoms with van der Waals surface area (Å²) in [6, 6.07) is 6.33. The first-order chi connectivity index (χ1) is 6.74. The standard InChI is InChI=1S/C11H17BNO/c1-9-4-5-10(2)11(8-9)12-14-7-3-6-13/h4-5,8H,3,6-7,13H2,1-2H3. The van der Waals surface area contributed by atoms with E-state index in [1.165, 1.54) is 11.1 Å². The van der Waals surface area contributed by atoms with Crippen LogP contribution in [0.2, 0.25) is 0 Å². The fourth-order valence-corrected chi connectivity index (χ4v) is 1.20. The number of rotatable bonds is 5. The minimum Gasteiger partial charge on any atom is -0.434 e. The molecule has 1 aromatic carbocycles. The van der Waals surface area contributed by atoms with E-state index < -0.39 is 0 Å². The van der Waals surface area contributed by atoms with Gasteiger partial charge in [0.25, 0.3) is 0 Å². The maximum atomic E-state index is 5.39. The molecule has 0 amide bonds. The molecule has 75 valence electrons. The van der Waals surface area contributed by atoms with E-state index in [1.807, 2.05) is 7.48 Å². The van der Waals surface area contributed by atoms with Gasteiger partial charge in [-0.05, 0) is 26.8 Å². The zero-order chi connectivity index (χ0) is 10.4. The second kappa shape index (κ2) is 5.84. The van der Waals surface area contributed by atoms with Crippen molar-refractivity contribution < 1.29 is 4.65 Å². The lowest BCUT2D eigenvalue weighted by Crippen LogP contribution is -2.22. The summed E-state index contributed by atoms with van der Waals surface area (Å²) in [5, 5.41) is 0. The first-order valence-corrected chi connectivity index (χ1v) is 4.96. The van der Waals surface area contributed by atoms with Gasteiger partial charge >= 0.3 is 7.48 Å². The zero-order valence-corrected chi connectivity index (χ0v) is 8.92. The minimum atomic E-state index is 0.681. The van der Waals surface area contributed by atoms with Gasteiger partial charge in [0.2, 0.25) is 0 Å². The van der Waals surface area contributed by atoms with Gasteiger partial charge in [0.15, 0.2) is 0 Å². The lowest BCUT2D eigenvalue weighted by molar-refractivity contribution is 0.336. The van der Waals surface area contributed by atoms with E-state index in [9.17, 15) is 0 Å². The van der Waals surface area contributed by atoms with Gasteiger partial charge in [-0.2, -0.15) is 0 Å². The summed E-state index contributed by atoms with van der Waals surface area (Å²) in [5.41, 5.74) is 9.02. The van der Waals surface area contributed by atoms with E-state index in [4.69, 9.17) is 10.4 Å². The van der Waals surface area contributed by atoms with Crippen LogP contribution in [-0.2, 0) is 4.65 Å². The zero-order valence-electron chi connectivity index (χ0n) is 8.92. The van der Waals surface area contributed by atoms with Crippen LogP contribution in [0, 0.1) is 13.8 Å². The normalized spacial score (nSPS) is 10.2. The third-order valence-electron chi connectivity index (χ3n) is 2.11. The van der Waals surface area contributed by atoms with Crippen LogP contribution in [0.5, 0.6) is 0 Å². The van der Waals surface area contributed by atoms with Crippen LogP contribution in [-0.4, -0.2) is 20.6 Å². The highest BCUT2D eigenvalue weighted by atomic mass is 16.4. The smallest absolute Gasteiger partial charge is 0.330 e. The van der Waals surface area contributed by atoms with Gasteiger partial charge in [0.05, 0.1) is 0 Å². The second-order valence-electron chi connectivity index (χ2n) is 3.49. The molecule has 0 spiro atoms.